The van der Waals surface area contributed by atoms with Gasteiger partial charge in [-0.15, -0.1) is 11.3 Å². The summed E-state index contributed by atoms with van der Waals surface area (Å²) in [6, 6.07) is 6.33. The first-order valence-electron chi connectivity index (χ1n) is 5.79. The van der Waals surface area contributed by atoms with E-state index in [1.807, 2.05) is 0 Å². The van der Waals surface area contributed by atoms with Crippen LogP contribution in [-0.4, -0.2) is 24.1 Å². The molecule has 2 aromatic rings. The number of carboxylic acids is 1. The SMILES string of the molecule is COc1csc(C(=O)Nc2ccc(C(=O)O)c(C)c2)c1. The van der Waals surface area contributed by atoms with Crippen LogP contribution in [0, 0.1) is 6.92 Å². The first-order valence-corrected chi connectivity index (χ1v) is 6.67. The van der Waals surface area contributed by atoms with Crippen molar-refractivity contribution in [3.05, 3.63) is 45.6 Å². The van der Waals surface area contributed by atoms with Crippen LogP contribution < -0.4 is 10.1 Å². The third-order valence-electron chi connectivity index (χ3n) is 2.75. The summed E-state index contributed by atoms with van der Waals surface area (Å²) in [4.78, 5) is 23.4. The number of thiophene rings is 1. The van der Waals surface area contributed by atoms with E-state index in [2.05, 4.69) is 5.32 Å². The molecule has 0 unspecified atom stereocenters. The molecule has 1 aromatic heterocycles. The van der Waals surface area contributed by atoms with E-state index in [0.29, 0.717) is 21.9 Å². The number of carboxylic acid groups (broad SMARTS) is 1. The number of carbonyl (C=O) groups excluding carboxylic acids is 1. The summed E-state index contributed by atoms with van der Waals surface area (Å²) >= 11 is 1.28. The number of carbonyl (C=O) groups is 2. The fourth-order valence-corrected chi connectivity index (χ4v) is 2.47. The van der Waals surface area contributed by atoms with Crippen LogP contribution in [0.2, 0.25) is 0 Å². The van der Waals surface area contributed by atoms with Crippen molar-refractivity contribution in [3.63, 3.8) is 0 Å². The van der Waals surface area contributed by atoms with E-state index in [1.54, 1.807) is 30.5 Å². The predicted molar refractivity (Wildman–Crippen MR) is 77.0 cm³/mol. The second kappa shape index (κ2) is 5.75. The summed E-state index contributed by atoms with van der Waals surface area (Å²) in [5, 5.41) is 13.4. The van der Waals surface area contributed by atoms with E-state index in [-0.39, 0.29) is 11.5 Å². The van der Waals surface area contributed by atoms with Crippen molar-refractivity contribution < 1.29 is 19.4 Å². The standard InChI is InChI=1S/C14H13NO4S/c1-8-5-9(3-4-11(8)14(17)18)15-13(16)12-6-10(19-2)7-20-12/h3-7H,1-2H3,(H,15,16)(H,17,18). The maximum Gasteiger partial charge on any atom is 0.335 e. The van der Waals surface area contributed by atoms with Crippen LogP contribution in [0.5, 0.6) is 5.75 Å². The van der Waals surface area contributed by atoms with Gasteiger partial charge < -0.3 is 15.2 Å². The highest BCUT2D eigenvalue weighted by Crippen LogP contribution is 2.23. The number of anilines is 1. The van der Waals surface area contributed by atoms with Crippen molar-refractivity contribution in [2.24, 2.45) is 0 Å². The molecule has 104 valence electrons. The van der Waals surface area contributed by atoms with Gasteiger partial charge in [0, 0.05) is 17.1 Å². The molecule has 0 aliphatic rings. The topological polar surface area (TPSA) is 75.6 Å². The molecule has 0 bridgehead atoms. The van der Waals surface area contributed by atoms with Crippen molar-refractivity contribution in [3.8, 4) is 5.75 Å². The highest BCUT2D eigenvalue weighted by Gasteiger charge is 2.12. The molecule has 20 heavy (non-hydrogen) atoms. The van der Waals surface area contributed by atoms with Crippen LogP contribution in [0.25, 0.3) is 0 Å². The quantitative estimate of drug-likeness (QED) is 0.908. The zero-order valence-corrected chi connectivity index (χ0v) is 11.8. The van der Waals surface area contributed by atoms with E-state index >= 15 is 0 Å². The molecule has 1 heterocycles. The van der Waals surface area contributed by atoms with Gasteiger partial charge in [-0.3, -0.25) is 4.79 Å². The fraction of sp³-hybridized carbons (Fsp3) is 0.143. The lowest BCUT2D eigenvalue weighted by atomic mass is 10.1. The van der Waals surface area contributed by atoms with Gasteiger partial charge in [0.1, 0.15) is 5.75 Å². The number of ether oxygens (including phenoxy) is 1. The number of rotatable bonds is 4. The van der Waals surface area contributed by atoms with Crippen molar-refractivity contribution >= 4 is 28.9 Å². The Hall–Kier alpha value is -2.34. The molecule has 0 fully saturated rings. The third kappa shape index (κ3) is 2.97. The van der Waals surface area contributed by atoms with Gasteiger partial charge in [-0.05, 0) is 30.7 Å². The maximum absolute atomic E-state index is 12.0. The minimum atomic E-state index is -0.983. The van der Waals surface area contributed by atoms with E-state index in [4.69, 9.17) is 9.84 Å². The number of nitrogens with one attached hydrogen (secondary N) is 1. The van der Waals surface area contributed by atoms with Crippen molar-refractivity contribution in [1.82, 2.24) is 0 Å². The Balaban J connectivity index is 2.15. The Kier molecular flexibility index (Phi) is 4.05. The van der Waals surface area contributed by atoms with Crippen molar-refractivity contribution in [1.29, 1.82) is 0 Å². The third-order valence-corrected chi connectivity index (χ3v) is 3.66. The minimum absolute atomic E-state index is 0.223. The Bertz CT molecular complexity index is 663. The zero-order chi connectivity index (χ0) is 14.7. The molecule has 0 saturated heterocycles. The Morgan fingerprint density at radius 2 is 2.05 bits per heavy atom. The van der Waals surface area contributed by atoms with Gasteiger partial charge in [-0.25, -0.2) is 4.79 Å². The van der Waals surface area contributed by atoms with Crippen LogP contribution >= 0.6 is 11.3 Å². The van der Waals surface area contributed by atoms with Crippen molar-refractivity contribution in [2.45, 2.75) is 6.92 Å². The summed E-state index contributed by atoms with van der Waals surface area (Å²) < 4.78 is 5.02. The van der Waals surface area contributed by atoms with Gasteiger partial charge in [0.05, 0.1) is 17.6 Å². The Morgan fingerprint density at radius 1 is 1.30 bits per heavy atom. The number of hydrogen-bond acceptors (Lipinski definition) is 4. The monoisotopic (exact) mass is 291 g/mol. The molecule has 0 spiro atoms. The van der Waals surface area contributed by atoms with Crippen LogP contribution in [-0.2, 0) is 0 Å². The normalized spacial score (nSPS) is 10.1. The molecule has 0 atom stereocenters. The average molecular weight is 291 g/mol. The van der Waals surface area contributed by atoms with Crippen LogP contribution in [0.15, 0.2) is 29.6 Å². The van der Waals surface area contributed by atoms with E-state index in [0.717, 1.165) is 0 Å². The van der Waals surface area contributed by atoms with Gasteiger partial charge in [-0.2, -0.15) is 0 Å². The lowest BCUT2D eigenvalue weighted by molar-refractivity contribution is 0.0696. The largest absolute Gasteiger partial charge is 0.496 e. The number of benzene rings is 1. The lowest BCUT2D eigenvalue weighted by Crippen LogP contribution is -2.11. The molecule has 0 aliphatic carbocycles. The molecule has 6 heteroatoms. The molecular weight excluding hydrogens is 278 g/mol. The molecule has 5 nitrogen and oxygen atoms in total. The number of hydrogen-bond donors (Lipinski definition) is 2. The number of methoxy groups -OCH3 is 1. The lowest BCUT2D eigenvalue weighted by Gasteiger charge is -2.06. The van der Waals surface area contributed by atoms with Crippen LogP contribution in [0.3, 0.4) is 0 Å². The molecule has 0 saturated carbocycles. The summed E-state index contributed by atoms with van der Waals surface area (Å²) in [6.45, 7) is 1.69. The minimum Gasteiger partial charge on any atom is -0.496 e. The number of amides is 1. The van der Waals surface area contributed by atoms with Crippen LogP contribution in [0.4, 0.5) is 5.69 Å². The average Bonchev–Trinajstić information content (AvgIpc) is 2.87. The Labute approximate surface area is 119 Å². The molecule has 1 amide bonds. The molecule has 0 radical (unpaired) electrons. The second-order valence-corrected chi connectivity index (χ2v) is 5.05. The smallest absolute Gasteiger partial charge is 0.335 e. The Morgan fingerprint density at radius 3 is 2.60 bits per heavy atom. The second-order valence-electron chi connectivity index (χ2n) is 4.14. The number of aromatic carboxylic acids is 1. The van der Waals surface area contributed by atoms with Gasteiger partial charge >= 0.3 is 5.97 Å². The maximum atomic E-state index is 12.0. The molecule has 0 aliphatic heterocycles. The summed E-state index contributed by atoms with van der Waals surface area (Å²) in [5.41, 5.74) is 1.38. The van der Waals surface area contributed by atoms with Gasteiger partial charge in [0.25, 0.3) is 5.91 Å². The number of aryl methyl sites for hydroxylation is 1. The molecular formula is C14H13NO4S. The first-order chi connectivity index (χ1) is 9.51. The first kappa shape index (κ1) is 14.1. The van der Waals surface area contributed by atoms with Crippen LogP contribution in [0.1, 0.15) is 25.6 Å². The summed E-state index contributed by atoms with van der Waals surface area (Å²) in [6.07, 6.45) is 0. The summed E-state index contributed by atoms with van der Waals surface area (Å²) in [7, 11) is 1.54. The van der Waals surface area contributed by atoms with Gasteiger partial charge in [-0.1, -0.05) is 0 Å². The van der Waals surface area contributed by atoms with Gasteiger partial charge in [0.2, 0.25) is 0 Å². The summed E-state index contributed by atoms with van der Waals surface area (Å²) in [5.74, 6) is -0.596. The highest BCUT2D eigenvalue weighted by atomic mass is 32.1. The fourth-order valence-electron chi connectivity index (χ4n) is 1.72. The van der Waals surface area contributed by atoms with Crippen molar-refractivity contribution in [2.75, 3.05) is 12.4 Å². The van der Waals surface area contributed by atoms with E-state index < -0.39 is 5.97 Å². The molecule has 2 N–H and O–H groups in total. The predicted octanol–water partition coefficient (Wildman–Crippen LogP) is 3.02. The van der Waals surface area contributed by atoms with E-state index in [9.17, 15) is 9.59 Å². The van der Waals surface area contributed by atoms with E-state index in [1.165, 1.54) is 24.5 Å². The molecule has 2 rings (SSSR count). The molecule has 1 aromatic carbocycles. The highest BCUT2D eigenvalue weighted by molar-refractivity contribution is 7.12. The van der Waals surface area contributed by atoms with Gasteiger partial charge in [0.15, 0.2) is 0 Å². The zero-order valence-electron chi connectivity index (χ0n) is 11.0.